The summed E-state index contributed by atoms with van der Waals surface area (Å²) in [6, 6.07) is 11.7. The second-order valence-electron chi connectivity index (χ2n) is 7.71. The third-order valence-corrected chi connectivity index (χ3v) is 8.96. The Morgan fingerprint density at radius 2 is 1.83 bits per heavy atom. The van der Waals surface area contributed by atoms with Gasteiger partial charge in [0.1, 0.15) is 4.21 Å². The van der Waals surface area contributed by atoms with Crippen LogP contribution in [0, 0.1) is 5.92 Å². The molecule has 0 radical (unpaired) electrons. The summed E-state index contributed by atoms with van der Waals surface area (Å²) in [5.41, 5.74) is 2.29. The van der Waals surface area contributed by atoms with Crippen LogP contribution in [-0.4, -0.2) is 44.8 Å². The van der Waals surface area contributed by atoms with Crippen LogP contribution in [0.15, 0.2) is 46.0 Å². The highest BCUT2D eigenvalue weighted by atomic mass is 32.2. The van der Waals surface area contributed by atoms with Gasteiger partial charge in [0.15, 0.2) is 0 Å². The molecule has 0 saturated carbocycles. The van der Waals surface area contributed by atoms with Crippen molar-refractivity contribution in [2.45, 2.75) is 36.4 Å². The molecule has 0 bridgehead atoms. The molecule has 29 heavy (non-hydrogen) atoms. The molecule has 0 spiro atoms. The van der Waals surface area contributed by atoms with Gasteiger partial charge in [-0.05, 0) is 54.8 Å². The van der Waals surface area contributed by atoms with Gasteiger partial charge in [-0.3, -0.25) is 4.79 Å². The van der Waals surface area contributed by atoms with Crippen molar-refractivity contribution < 1.29 is 13.2 Å². The smallest absolute Gasteiger partial charge is 0.252 e. The molecule has 2 aliphatic heterocycles. The molecule has 0 unspecified atom stereocenters. The molecule has 6 nitrogen and oxygen atoms in total. The van der Waals surface area contributed by atoms with Crippen LogP contribution < -0.4 is 10.2 Å². The van der Waals surface area contributed by atoms with Crippen LogP contribution in [0.5, 0.6) is 0 Å². The Bertz CT molecular complexity index is 921. The van der Waals surface area contributed by atoms with E-state index >= 15 is 0 Å². The molecule has 4 rings (SSSR count). The number of amides is 1. The van der Waals surface area contributed by atoms with E-state index in [0.29, 0.717) is 23.7 Å². The summed E-state index contributed by atoms with van der Waals surface area (Å²) in [5, 5.41) is 4.75. The lowest BCUT2D eigenvalue weighted by atomic mass is 9.99. The third kappa shape index (κ3) is 4.65. The third-order valence-electron chi connectivity index (χ3n) is 5.72. The van der Waals surface area contributed by atoms with E-state index in [9.17, 15) is 13.2 Å². The number of hydrogen-bond donors (Lipinski definition) is 1. The number of sulfonamides is 1. The van der Waals surface area contributed by atoms with Crippen LogP contribution in [0.1, 0.15) is 31.2 Å². The standard InChI is InChI=1S/C21H27N3O3S2/c25-21(22-15-17-7-9-19(10-8-17)23-11-1-2-12-23)18-5-3-13-24(16-18)29(26,27)20-6-4-14-28-20/h4,6-10,14,18H,1-3,5,11-13,15-16H2,(H,22,25)/t18-/m1/s1. The van der Waals surface area contributed by atoms with Gasteiger partial charge >= 0.3 is 0 Å². The number of nitrogens with zero attached hydrogens (tertiary/aromatic N) is 2. The highest BCUT2D eigenvalue weighted by molar-refractivity contribution is 7.91. The van der Waals surface area contributed by atoms with Crippen molar-refractivity contribution in [1.82, 2.24) is 9.62 Å². The molecule has 1 amide bonds. The Morgan fingerprint density at radius 1 is 1.07 bits per heavy atom. The molecule has 8 heteroatoms. The first kappa shape index (κ1) is 20.4. The minimum atomic E-state index is -3.50. The Hall–Kier alpha value is -1.90. The number of piperidine rings is 1. The minimum absolute atomic E-state index is 0.0697. The largest absolute Gasteiger partial charge is 0.372 e. The molecular weight excluding hydrogens is 406 g/mol. The molecule has 2 aliphatic rings. The van der Waals surface area contributed by atoms with Crippen LogP contribution in [0.3, 0.4) is 0 Å². The van der Waals surface area contributed by atoms with E-state index in [1.54, 1.807) is 17.5 Å². The lowest BCUT2D eigenvalue weighted by Gasteiger charge is -2.30. The first-order chi connectivity index (χ1) is 14.0. The number of thiophene rings is 1. The highest BCUT2D eigenvalue weighted by Gasteiger charge is 2.33. The van der Waals surface area contributed by atoms with E-state index in [-0.39, 0.29) is 18.4 Å². The first-order valence-corrected chi connectivity index (χ1v) is 12.5. The van der Waals surface area contributed by atoms with Crippen LogP contribution >= 0.6 is 11.3 Å². The molecule has 1 aromatic heterocycles. The second kappa shape index (κ2) is 8.85. The van der Waals surface area contributed by atoms with E-state index in [1.807, 2.05) is 0 Å². The quantitative estimate of drug-likeness (QED) is 0.760. The van der Waals surface area contributed by atoms with Crippen molar-refractivity contribution in [3.63, 3.8) is 0 Å². The number of rotatable bonds is 6. The van der Waals surface area contributed by atoms with Gasteiger partial charge in [-0.2, -0.15) is 4.31 Å². The van der Waals surface area contributed by atoms with E-state index in [4.69, 9.17) is 0 Å². The fourth-order valence-electron chi connectivity index (χ4n) is 4.05. The summed E-state index contributed by atoms with van der Waals surface area (Å²) in [4.78, 5) is 15.1. The maximum atomic E-state index is 12.7. The highest BCUT2D eigenvalue weighted by Crippen LogP contribution is 2.26. The molecule has 0 aliphatic carbocycles. The molecule has 1 N–H and O–H groups in total. The summed E-state index contributed by atoms with van der Waals surface area (Å²) >= 11 is 1.22. The number of hydrogen-bond acceptors (Lipinski definition) is 5. The molecule has 2 aromatic rings. The van der Waals surface area contributed by atoms with Crippen LogP contribution in [-0.2, 0) is 21.4 Å². The zero-order valence-electron chi connectivity index (χ0n) is 16.4. The zero-order valence-corrected chi connectivity index (χ0v) is 18.1. The monoisotopic (exact) mass is 433 g/mol. The van der Waals surface area contributed by atoms with Gasteiger partial charge < -0.3 is 10.2 Å². The first-order valence-electron chi connectivity index (χ1n) is 10.2. The van der Waals surface area contributed by atoms with Crippen LogP contribution in [0.4, 0.5) is 5.69 Å². The van der Waals surface area contributed by atoms with Crippen LogP contribution in [0.25, 0.3) is 0 Å². The molecule has 2 fully saturated rings. The van der Waals surface area contributed by atoms with Crippen molar-refractivity contribution in [3.8, 4) is 0 Å². The summed E-state index contributed by atoms with van der Waals surface area (Å²) in [6.45, 7) is 3.42. The Morgan fingerprint density at radius 3 is 2.52 bits per heavy atom. The van der Waals surface area contributed by atoms with Crippen molar-refractivity contribution in [3.05, 3.63) is 47.3 Å². The Labute approximate surface area is 176 Å². The number of benzene rings is 1. The average molecular weight is 434 g/mol. The lowest BCUT2D eigenvalue weighted by Crippen LogP contribution is -2.45. The number of nitrogens with one attached hydrogen (secondary N) is 1. The lowest BCUT2D eigenvalue weighted by molar-refractivity contribution is -0.126. The van der Waals surface area contributed by atoms with Gasteiger partial charge in [-0.25, -0.2) is 8.42 Å². The average Bonchev–Trinajstić information content (AvgIpc) is 3.47. The minimum Gasteiger partial charge on any atom is -0.372 e. The maximum absolute atomic E-state index is 12.7. The molecule has 156 valence electrons. The molecule has 3 heterocycles. The van der Waals surface area contributed by atoms with Crippen molar-refractivity contribution in [1.29, 1.82) is 0 Å². The van der Waals surface area contributed by atoms with Gasteiger partial charge in [-0.15, -0.1) is 11.3 Å². The summed E-state index contributed by atoms with van der Waals surface area (Å²) in [7, 11) is -3.50. The molecule has 1 atom stereocenters. The van der Waals surface area contributed by atoms with E-state index in [1.165, 1.54) is 34.2 Å². The number of carbonyl (C=O) groups excluding carboxylic acids is 1. The molecular formula is C21H27N3O3S2. The summed E-state index contributed by atoms with van der Waals surface area (Å²) < 4.78 is 27.3. The molecule has 2 saturated heterocycles. The fraction of sp³-hybridized carbons (Fsp3) is 0.476. The zero-order chi connectivity index (χ0) is 20.3. The fourth-order valence-corrected chi connectivity index (χ4v) is 6.71. The maximum Gasteiger partial charge on any atom is 0.252 e. The number of carbonyl (C=O) groups is 1. The normalized spacial score (nSPS) is 20.7. The van der Waals surface area contributed by atoms with E-state index in [0.717, 1.165) is 25.1 Å². The van der Waals surface area contributed by atoms with E-state index < -0.39 is 10.0 Å². The summed E-state index contributed by atoms with van der Waals surface area (Å²) in [6.07, 6.45) is 3.92. The second-order valence-corrected chi connectivity index (χ2v) is 10.8. The van der Waals surface area contributed by atoms with Gasteiger partial charge in [-0.1, -0.05) is 18.2 Å². The predicted octanol–water partition coefficient (Wildman–Crippen LogP) is 3.07. The SMILES string of the molecule is O=C(NCc1ccc(N2CCCC2)cc1)[C@@H]1CCCN(S(=O)(=O)c2cccs2)C1. The van der Waals surface area contributed by atoms with Crippen molar-refractivity contribution in [2.24, 2.45) is 5.92 Å². The Kier molecular flexibility index (Phi) is 6.22. The van der Waals surface area contributed by atoms with Gasteiger partial charge in [0.2, 0.25) is 5.91 Å². The number of anilines is 1. The van der Waals surface area contributed by atoms with Crippen LogP contribution in [0.2, 0.25) is 0 Å². The van der Waals surface area contributed by atoms with Crippen molar-refractivity contribution in [2.75, 3.05) is 31.1 Å². The predicted molar refractivity (Wildman–Crippen MR) is 116 cm³/mol. The van der Waals surface area contributed by atoms with Gasteiger partial charge in [0.25, 0.3) is 10.0 Å². The van der Waals surface area contributed by atoms with Gasteiger partial charge in [0, 0.05) is 38.4 Å². The van der Waals surface area contributed by atoms with Crippen molar-refractivity contribution >= 4 is 33.0 Å². The topological polar surface area (TPSA) is 69.7 Å². The molecule has 1 aromatic carbocycles. The summed E-state index contributed by atoms with van der Waals surface area (Å²) in [5.74, 6) is -0.373. The Balaban J connectivity index is 1.32. The van der Waals surface area contributed by atoms with Gasteiger partial charge in [0.05, 0.1) is 5.92 Å². The van der Waals surface area contributed by atoms with E-state index in [2.05, 4.69) is 34.5 Å².